The van der Waals surface area contributed by atoms with E-state index in [4.69, 9.17) is 21.1 Å². The summed E-state index contributed by atoms with van der Waals surface area (Å²) in [5, 5.41) is 0. The number of halogens is 1. The van der Waals surface area contributed by atoms with Crippen LogP contribution in [0.2, 0.25) is 4.34 Å². The van der Waals surface area contributed by atoms with Gasteiger partial charge in [0.1, 0.15) is 5.60 Å². The number of ketones is 1. The van der Waals surface area contributed by atoms with Gasteiger partial charge in [0.05, 0.1) is 4.34 Å². The molecule has 0 atom stereocenters. The Morgan fingerprint density at radius 2 is 2.24 bits per heavy atom. The van der Waals surface area contributed by atoms with Crippen LogP contribution in [-0.4, -0.2) is 31.7 Å². The maximum absolute atomic E-state index is 12.3. The molecule has 1 fully saturated rings. The molecule has 17 heavy (non-hydrogen) atoms. The predicted octanol–water partition coefficient (Wildman–Crippen LogP) is 2.71. The molecule has 0 amide bonds. The van der Waals surface area contributed by atoms with Crippen LogP contribution in [-0.2, 0) is 20.7 Å². The first kappa shape index (κ1) is 13.0. The number of Topliss-reactive ketones (excluding diaryl/α,β-unsaturated/α-hetero) is 1. The van der Waals surface area contributed by atoms with Crippen LogP contribution in [0.1, 0.15) is 17.7 Å². The first-order chi connectivity index (χ1) is 8.16. The quantitative estimate of drug-likeness (QED) is 0.847. The van der Waals surface area contributed by atoms with Gasteiger partial charge in [0, 0.05) is 44.5 Å². The van der Waals surface area contributed by atoms with Gasteiger partial charge in [-0.25, -0.2) is 0 Å². The normalized spacial score (nSPS) is 19.2. The van der Waals surface area contributed by atoms with Crippen LogP contribution in [0.15, 0.2) is 12.1 Å². The van der Waals surface area contributed by atoms with Gasteiger partial charge in [-0.05, 0) is 12.1 Å². The molecule has 0 N–H and O–H groups in total. The van der Waals surface area contributed by atoms with Crippen LogP contribution >= 0.6 is 22.9 Å². The highest BCUT2D eigenvalue weighted by molar-refractivity contribution is 7.16. The zero-order valence-electron chi connectivity index (χ0n) is 9.70. The van der Waals surface area contributed by atoms with Gasteiger partial charge >= 0.3 is 0 Å². The third-order valence-corrected chi connectivity index (χ3v) is 4.39. The molecule has 0 spiro atoms. The molecule has 0 aromatic carbocycles. The van der Waals surface area contributed by atoms with Gasteiger partial charge in [0.2, 0.25) is 0 Å². The Bertz CT molecular complexity index is 396. The Morgan fingerprint density at radius 3 is 2.76 bits per heavy atom. The Balaban J connectivity index is 2.07. The van der Waals surface area contributed by atoms with E-state index >= 15 is 0 Å². The van der Waals surface area contributed by atoms with E-state index in [9.17, 15) is 4.79 Å². The van der Waals surface area contributed by atoms with Crippen molar-refractivity contribution in [2.24, 2.45) is 0 Å². The standard InChI is InChI=1S/C12H15ClO3S/c1-15-12(4-6-16-7-5-12)10(14)8-9-2-3-11(13)17-9/h2-3H,4-8H2,1H3. The summed E-state index contributed by atoms with van der Waals surface area (Å²) in [5.74, 6) is 0.127. The summed E-state index contributed by atoms with van der Waals surface area (Å²) in [6.45, 7) is 1.18. The minimum atomic E-state index is -0.658. The zero-order chi connectivity index (χ0) is 12.3. The number of carbonyl (C=O) groups excluding carboxylic acids is 1. The molecule has 94 valence electrons. The third-order valence-electron chi connectivity index (χ3n) is 3.16. The molecule has 3 nitrogen and oxygen atoms in total. The largest absolute Gasteiger partial charge is 0.381 e. The number of ether oxygens (including phenoxy) is 2. The number of hydrogen-bond donors (Lipinski definition) is 0. The van der Waals surface area contributed by atoms with Crippen molar-refractivity contribution in [1.29, 1.82) is 0 Å². The molecule has 0 unspecified atom stereocenters. The van der Waals surface area contributed by atoms with Crippen LogP contribution in [0.4, 0.5) is 0 Å². The lowest BCUT2D eigenvalue weighted by Gasteiger charge is -2.34. The molecule has 5 heteroatoms. The SMILES string of the molecule is COC1(C(=O)Cc2ccc(Cl)s2)CCOCC1. The molecule has 0 bridgehead atoms. The molecule has 2 heterocycles. The summed E-state index contributed by atoms with van der Waals surface area (Å²) in [5.41, 5.74) is -0.658. The van der Waals surface area contributed by atoms with Crippen LogP contribution < -0.4 is 0 Å². The fourth-order valence-electron chi connectivity index (χ4n) is 2.06. The van der Waals surface area contributed by atoms with Crippen LogP contribution in [0.3, 0.4) is 0 Å². The van der Waals surface area contributed by atoms with Gasteiger partial charge < -0.3 is 9.47 Å². The van der Waals surface area contributed by atoms with E-state index in [1.54, 1.807) is 7.11 Å². The summed E-state index contributed by atoms with van der Waals surface area (Å²) in [4.78, 5) is 13.3. The number of hydrogen-bond acceptors (Lipinski definition) is 4. The summed E-state index contributed by atoms with van der Waals surface area (Å²) in [6, 6.07) is 3.71. The maximum atomic E-state index is 12.3. The van der Waals surface area contributed by atoms with Crippen molar-refractivity contribution in [3.8, 4) is 0 Å². The Kier molecular flexibility index (Phi) is 4.20. The van der Waals surface area contributed by atoms with Crippen LogP contribution in [0.25, 0.3) is 0 Å². The highest BCUT2D eigenvalue weighted by atomic mass is 35.5. The van der Waals surface area contributed by atoms with Crippen molar-refractivity contribution < 1.29 is 14.3 Å². The molecule has 0 aliphatic carbocycles. The molecule has 0 radical (unpaired) electrons. The fourth-order valence-corrected chi connectivity index (χ4v) is 3.15. The summed E-state index contributed by atoms with van der Waals surface area (Å²) in [6.07, 6.45) is 1.67. The van der Waals surface area contributed by atoms with Gasteiger partial charge in [0.25, 0.3) is 0 Å². The molecule has 1 aliphatic rings. The number of rotatable bonds is 4. The van der Waals surface area contributed by atoms with E-state index in [0.29, 0.717) is 36.8 Å². The lowest BCUT2D eigenvalue weighted by atomic mass is 9.87. The van der Waals surface area contributed by atoms with Gasteiger partial charge in [-0.3, -0.25) is 4.79 Å². The second kappa shape index (κ2) is 5.48. The van der Waals surface area contributed by atoms with Gasteiger partial charge in [0.15, 0.2) is 5.78 Å². The minimum Gasteiger partial charge on any atom is -0.381 e. The van der Waals surface area contributed by atoms with E-state index in [1.165, 1.54) is 11.3 Å². The molecular weight excluding hydrogens is 260 g/mol. The van der Waals surface area contributed by atoms with Crippen molar-refractivity contribution in [3.05, 3.63) is 21.3 Å². The van der Waals surface area contributed by atoms with Crippen molar-refractivity contribution in [2.75, 3.05) is 20.3 Å². The second-order valence-electron chi connectivity index (χ2n) is 4.12. The molecule has 0 saturated carbocycles. The highest BCUT2D eigenvalue weighted by Gasteiger charge is 2.39. The van der Waals surface area contributed by atoms with Crippen molar-refractivity contribution >= 4 is 28.7 Å². The first-order valence-electron chi connectivity index (χ1n) is 5.57. The zero-order valence-corrected chi connectivity index (χ0v) is 11.3. The van der Waals surface area contributed by atoms with Crippen molar-refractivity contribution in [3.63, 3.8) is 0 Å². The summed E-state index contributed by atoms with van der Waals surface area (Å²) >= 11 is 7.30. The monoisotopic (exact) mass is 274 g/mol. The van der Waals surface area contributed by atoms with E-state index in [1.807, 2.05) is 12.1 Å². The lowest BCUT2D eigenvalue weighted by molar-refractivity contribution is -0.151. The van der Waals surface area contributed by atoms with E-state index < -0.39 is 5.60 Å². The van der Waals surface area contributed by atoms with Crippen LogP contribution in [0.5, 0.6) is 0 Å². The second-order valence-corrected chi connectivity index (χ2v) is 5.92. The summed E-state index contributed by atoms with van der Waals surface area (Å²) < 4.78 is 11.5. The van der Waals surface area contributed by atoms with E-state index in [2.05, 4.69) is 0 Å². The topological polar surface area (TPSA) is 35.5 Å². The Hall–Kier alpha value is -0.420. The smallest absolute Gasteiger partial charge is 0.169 e. The maximum Gasteiger partial charge on any atom is 0.169 e. The van der Waals surface area contributed by atoms with Gasteiger partial charge in [-0.2, -0.15) is 0 Å². The average molecular weight is 275 g/mol. The van der Waals surface area contributed by atoms with E-state index in [-0.39, 0.29) is 5.78 Å². The summed E-state index contributed by atoms with van der Waals surface area (Å²) in [7, 11) is 1.60. The lowest BCUT2D eigenvalue weighted by Crippen LogP contribution is -2.46. The average Bonchev–Trinajstić information content (AvgIpc) is 2.75. The minimum absolute atomic E-state index is 0.127. The van der Waals surface area contributed by atoms with Crippen molar-refractivity contribution in [2.45, 2.75) is 24.9 Å². The Labute approximate surface area is 110 Å². The highest BCUT2D eigenvalue weighted by Crippen LogP contribution is 2.29. The van der Waals surface area contributed by atoms with E-state index in [0.717, 1.165) is 4.88 Å². The molecule has 1 aromatic heterocycles. The predicted molar refractivity (Wildman–Crippen MR) is 67.8 cm³/mol. The van der Waals surface area contributed by atoms with Gasteiger partial charge in [-0.1, -0.05) is 11.6 Å². The molecule has 1 aromatic rings. The van der Waals surface area contributed by atoms with Crippen LogP contribution in [0, 0.1) is 0 Å². The number of carbonyl (C=O) groups is 1. The number of thiophene rings is 1. The molecule has 1 aliphatic heterocycles. The first-order valence-corrected chi connectivity index (χ1v) is 6.76. The third kappa shape index (κ3) is 2.88. The fraction of sp³-hybridized carbons (Fsp3) is 0.583. The Morgan fingerprint density at radius 1 is 1.53 bits per heavy atom. The van der Waals surface area contributed by atoms with Crippen molar-refractivity contribution in [1.82, 2.24) is 0 Å². The molecule has 2 rings (SSSR count). The molecule has 1 saturated heterocycles. The van der Waals surface area contributed by atoms with Gasteiger partial charge in [-0.15, -0.1) is 11.3 Å². The molecular formula is C12H15ClO3S. The number of methoxy groups -OCH3 is 1.